The van der Waals surface area contributed by atoms with Gasteiger partial charge < -0.3 is 5.11 Å². The van der Waals surface area contributed by atoms with Crippen LogP contribution in [0, 0.1) is 0 Å². The van der Waals surface area contributed by atoms with E-state index in [1.807, 2.05) is 0 Å². The first kappa shape index (κ1) is 12.4. The summed E-state index contributed by atoms with van der Waals surface area (Å²) in [4.78, 5) is 21.5. The van der Waals surface area contributed by atoms with E-state index in [0.29, 0.717) is 0 Å². The van der Waals surface area contributed by atoms with E-state index in [9.17, 15) is 9.59 Å². The average molecular weight is 188 g/mol. The maximum absolute atomic E-state index is 10.9. The molecule has 4 heteroatoms. The average Bonchev–Trinajstić information content (AvgIpc) is 2.04. The van der Waals surface area contributed by atoms with Gasteiger partial charge in [0.15, 0.2) is 5.78 Å². The number of hydrogen-bond donors (Lipinski definition) is 1. The number of carbonyl (C=O) groups is 2. The van der Waals surface area contributed by atoms with Crippen LogP contribution >= 0.6 is 0 Å². The molecule has 0 fully saturated rings. The Hall–Kier alpha value is -0.640. The van der Waals surface area contributed by atoms with Gasteiger partial charge in [0.25, 0.3) is 0 Å². The third-order valence-electron chi connectivity index (χ3n) is 1.54. The second kappa shape index (κ2) is 5.17. The fraction of sp³-hybridized carbons (Fsp3) is 0.111. The molecule has 0 atom stereocenters. The number of carboxylic acid groups (broad SMARTS) is 1. The molecule has 3 nitrogen and oxygen atoms in total. The zero-order chi connectivity index (χ0) is 9.14. The quantitative estimate of drug-likeness (QED) is 0.555. The predicted octanol–water partition coefficient (Wildman–Crippen LogP) is 0.939. The normalized spacial score (nSPS) is 8.69. The minimum atomic E-state index is -1.07. The van der Waals surface area contributed by atoms with Gasteiger partial charge in [0.05, 0.1) is 5.56 Å². The van der Waals surface area contributed by atoms with Gasteiger partial charge in [-0.25, -0.2) is 4.79 Å². The van der Waals surface area contributed by atoms with Gasteiger partial charge in [0.1, 0.15) is 0 Å². The number of aromatic carboxylic acids is 1. The molecule has 1 N–H and O–H groups in total. The van der Waals surface area contributed by atoms with E-state index in [2.05, 4.69) is 0 Å². The molecule has 0 heterocycles. The molecule has 0 spiro atoms. The molecule has 13 heavy (non-hydrogen) atoms. The number of Topliss-reactive ketones (excluding diaryl/α,β-unsaturated/α-hetero) is 1. The first-order valence-corrected chi connectivity index (χ1v) is 3.46. The molecule has 0 aliphatic rings. The van der Waals surface area contributed by atoms with Crippen LogP contribution in [0.4, 0.5) is 0 Å². The van der Waals surface area contributed by atoms with Crippen molar-refractivity contribution in [1.82, 2.24) is 0 Å². The monoisotopic (exact) mass is 188 g/mol. The van der Waals surface area contributed by atoms with E-state index in [1.54, 1.807) is 12.1 Å². The number of carbonyl (C=O) groups excluding carboxylic acids is 1. The molecule has 0 saturated carbocycles. The van der Waals surface area contributed by atoms with Crippen molar-refractivity contribution in [3.05, 3.63) is 35.4 Å². The third-order valence-corrected chi connectivity index (χ3v) is 1.54. The van der Waals surface area contributed by atoms with Crippen LogP contribution in [0.15, 0.2) is 24.3 Å². The van der Waals surface area contributed by atoms with Gasteiger partial charge in [-0.2, -0.15) is 0 Å². The Balaban J connectivity index is 0.00000144. The number of ketones is 1. The molecular formula is C9H9NaO3. The van der Waals surface area contributed by atoms with Crippen LogP contribution < -0.4 is 0 Å². The Labute approximate surface area is 98.1 Å². The Morgan fingerprint density at radius 2 is 1.62 bits per heavy atom. The van der Waals surface area contributed by atoms with Crippen molar-refractivity contribution in [2.45, 2.75) is 6.92 Å². The summed E-state index contributed by atoms with van der Waals surface area (Å²) in [6.45, 7) is 1.35. The molecule has 0 amide bonds. The molecule has 1 aromatic rings. The molecule has 64 valence electrons. The van der Waals surface area contributed by atoms with Crippen molar-refractivity contribution in [2.75, 3.05) is 0 Å². The van der Waals surface area contributed by atoms with Gasteiger partial charge in [-0.3, -0.25) is 4.79 Å². The standard InChI is InChI=1S/C9H8O3.Na.H/c1-6(10)7-4-2-3-5-8(7)9(11)12;;/h2-5H,1H3,(H,11,12);;. The van der Waals surface area contributed by atoms with Crippen molar-refractivity contribution >= 4 is 41.3 Å². The van der Waals surface area contributed by atoms with Gasteiger partial charge in [-0.1, -0.05) is 18.2 Å². The van der Waals surface area contributed by atoms with Crippen LogP contribution in [0.3, 0.4) is 0 Å². The van der Waals surface area contributed by atoms with Crippen molar-refractivity contribution in [3.63, 3.8) is 0 Å². The first-order valence-electron chi connectivity index (χ1n) is 3.46. The van der Waals surface area contributed by atoms with Crippen molar-refractivity contribution in [1.29, 1.82) is 0 Å². The molecule has 0 aliphatic carbocycles. The Bertz CT molecular complexity index is 300. The van der Waals surface area contributed by atoms with Crippen molar-refractivity contribution in [2.24, 2.45) is 0 Å². The van der Waals surface area contributed by atoms with Crippen LogP contribution in [-0.2, 0) is 0 Å². The maximum atomic E-state index is 10.9. The van der Waals surface area contributed by atoms with Crippen LogP contribution in [0.1, 0.15) is 27.6 Å². The number of rotatable bonds is 2. The Morgan fingerprint density at radius 1 is 1.15 bits per heavy atom. The summed E-state index contributed by atoms with van der Waals surface area (Å²) < 4.78 is 0. The second-order valence-electron chi connectivity index (χ2n) is 2.41. The summed E-state index contributed by atoms with van der Waals surface area (Å²) in [7, 11) is 0. The summed E-state index contributed by atoms with van der Waals surface area (Å²) >= 11 is 0. The van der Waals surface area contributed by atoms with Gasteiger partial charge in [0, 0.05) is 5.56 Å². The summed E-state index contributed by atoms with van der Waals surface area (Å²) in [5.41, 5.74) is 0.315. The van der Waals surface area contributed by atoms with E-state index in [-0.39, 0.29) is 46.5 Å². The van der Waals surface area contributed by atoms with Gasteiger partial charge in [-0.15, -0.1) is 0 Å². The molecule has 0 bridgehead atoms. The molecule has 0 saturated heterocycles. The minimum absolute atomic E-state index is 0. The number of hydrogen-bond acceptors (Lipinski definition) is 2. The number of carboxylic acids is 1. The summed E-state index contributed by atoms with van der Waals surface area (Å²) in [5.74, 6) is -1.30. The molecular weight excluding hydrogens is 179 g/mol. The van der Waals surface area contributed by atoms with Crippen molar-refractivity contribution < 1.29 is 14.7 Å². The van der Waals surface area contributed by atoms with Gasteiger partial charge in [0.2, 0.25) is 0 Å². The van der Waals surface area contributed by atoms with Crippen LogP contribution in [0.5, 0.6) is 0 Å². The summed E-state index contributed by atoms with van der Waals surface area (Å²) in [5, 5.41) is 8.66. The Morgan fingerprint density at radius 3 is 1.92 bits per heavy atom. The van der Waals surface area contributed by atoms with Crippen LogP contribution in [0.25, 0.3) is 0 Å². The zero-order valence-electron chi connectivity index (χ0n) is 6.57. The van der Waals surface area contributed by atoms with Crippen LogP contribution in [0.2, 0.25) is 0 Å². The zero-order valence-corrected chi connectivity index (χ0v) is 6.57. The fourth-order valence-electron chi connectivity index (χ4n) is 0.977. The first-order chi connectivity index (χ1) is 5.63. The summed E-state index contributed by atoms with van der Waals surface area (Å²) in [6.07, 6.45) is 0. The summed E-state index contributed by atoms with van der Waals surface area (Å²) in [6, 6.07) is 6.16. The van der Waals surface area contributed by atoms with E-state index in [0.717, 1.165) is 0 Å². The van der Waals surface area contributed by atoms with Crippen LogP contribution in [-0.4, -0.2) is 46.4 Å². The van der Waals surface area contributed by atoms with Gasteiger partial charge >= 0.3 is 35.5 Å². The molecule has 1 aromatic carbocycles. The third kappa shape index (κ3) is 2.95. The van der Waals surface area contributed by atoms with E-state index in [4.69, 9.17) is 5.11 Å². The van der Waals surface area contributed by atoms with E-state index < -0.39 is 5.97 Å². The van der Waals surface area contributed by atoms with E-state index in [1.165, 1.54) is 19.1 Å². The van der Waals surface area contributed by atoms with Crippen molar-refractivity contribution in [3.8, 4) is 0 Å². The SMILES string of the molecule is CC(=O)c1ccccc1C(=O)O.[NaH]. The Kier molecular flexibility index (Phi) is 4.91. The van der Waals surface area contributed by atoms with E-state index >= 15 is 0 Å². The second-order valence-corrected chi connectivity index (χ2v) is 2.41. The topological polar surface area (TPSA) is 54.4 Å². The molecule has 0 aromatic heterocycles. The molecule has 0 aliphatic heterocycles. The predicted molar refractivity (Wildman–Crippen MR) is 50.6 cm³/mol. The molecule has 0 radical (unpaired) electrons. The molecule has 1 rings (SSSR count). The van der Waals surface area contributed by atoms with Gasteiger partial charge in [-0.05, 0) is 13.0 Å². The molecule has 0 unspecified atom stereocenters. The number of benzene rings is 1. The fourth-order valence-corrected chi connectivity index (χ4v) is 0.977.